The number of aliphatic carboxylic acids is 1. The maximum absolute atomic E-state index is 11.2. The second kappa shape index (κ2) is 6.43. The molecule has 1 heterocycles. The largest absolute Gasteiger partial charge is 0.481 e. The fraction of sp³-hybridized carbons (Fsp3) is 0.353. The van der Waals surface area contributed by atoms with Crippen LogP contribution in [-0.4, -0.2) is 20.9 Å². The normalized spacial score (nSPS) is 16.6. The van der Waals surface area contributed by atoms with Gasteiger partial charge in [-0.2, -0.15) is 10.4 Å². The molecule has 1 aromatic heterocycles. The summed E-state index contributed by atoms with van der Waals surface area (Å²) in [5.74, 6) is -0.884. The molecule has 2 aromatic rings. The molecule has 6 heteroatoms. The minimum atomic E-state index is -0.812. The third kappa shape index (κ3) is 3.08. The van der Waals surface area contributed by atoms with E-state index >= 15 is 0 Å². The van der Waals surface area contributed by atoms with E-state index in [2.05, 4.69) is 11.2 Å². The van der Waals surface area contributed by atoms with E-state index in [-0.39, 0.29) is 18.9 Å². The molecule has 1 aromatic carbocycles. The van der Waals surface area contributed by atoms with Crippen LogP contribution in [0.2, 0.25) is 5.02 Å². The number of fused-ring (bicyclic) bond motifs is 1. The fourth-order valence-corrected chi connectivity index (χ4v) is 3.52. The summed E-state index contributed by atoms with van der Waals surface area (Å²) < 4.78 is 1.71. The molecule has 1 aliphatic rings. The number of carbonyl (C=O) groups is 1. The van der Waals surface area contributed by atoms with Crippen LogP contribution in [0, 0.1) is 11.3 Å². The number of benzene rings is 1. The van der Waals surface area contributed by atoms with Crippen molar-refractivity contribution in [1.29, 1.82) is 5.26 Å². The van der Waals surface area contributed by atoms with Crippen LogP contribution >= 0.6 is 11.6 Å². The van der Waals surface area contributed by atoms with Crippen LogP contribution in [0.4, 0.5) is 0 Å². The molecule has 0 saturated heterocycles. The lowest BCUT2D eigenvalue weighted by molar-refractivity contribution is -0.137. The molecular formula is C17H16ClN3O2. The third-order valence-corrected chi connectivity index (χ3v) is 4.45. The van der Waals surface area contributed by atoms with Crippen molar-refractivity contribution in [1.82, 2.24) is 9.78 Å². The van der Waals surface area contributed by atoms with Crippen molar-refractivity contribution in [2.45, 2.75) is 38.1 Å². The zero-order valence-electron chi connectivity index (χ0n) is 12.5. The van der Waals surface area contributed by atoms with Gasteiger partial charge in [0.1, 0.15) is 6.54 Å². The zero-order valence-corrected chi connectivity index (χ0v) is 13.3. The Hall–Kier alpha value is -2.32. The summed E-state index contributed by atoms with van der Waals surface area (Å²) in [6, 6.07) is 9.50. The Bertz CT molecular complexity index is 792. The average Bonchev–Trinajstić information content (AvgIpc) is 2.87. The summed E-state index contributed by atoms with van der Waals surface area (Å²) in [5.41, 5.74) is 3.57. The van der Waals surface area contributed by atoms with E-state index in [1.54, 1.807) is 10.7 Å². The Labute approximate surface area is 139 Å². The van der Waals surface area contributed by atoms with Gasteiger partial charge in [0.05, 0.1) is 18.2 Å². The van der Waals surface area contributed by atoms with Crippen molar-refractivity contribution in [2.24, 2.45) is 0 Å². The van der Waals surface area contributed by atoms with E-state index in [0.29, 0.717) is 5.02 Å². The average molecular weight is 330 g/mol. The van der Waals surface area contributed by atoms with E-state index in [0.717, 1.165) is 41.8 Å². The molecule has 0 fully saturated rings. The number of aromatic nitrogens is 2. The Morgan fingerprint density at radius 3 is 3.04 bits per heavy atom. The first-order valence-corrected chi connectivity index (χ1v) is 7.92. The molecular weight excluding hydrogens is 314 g/mol. The molecule has 1 atom stereocenters. The Balaban J connectivity index is 2.15. The van der Waals surface area contributed by atoms with Crippen LogP contribution in [0.3, 0.4) is 0 Å². The quantitative estimate of drug-likeness (QED) is 0.929. The van der Waals surface area contributed by atoms with Crippen LogP contribution in [0.25, 0.3) is 11.3 Å². The molecule has 1 aliphatic carbocycles. The number of carboxylic acids is 1. The van der Waals surface area contributed by atoms with Crippen LogP contribution in [0.1, 0.15) is 36.4 Å². The van der Waals surface area contributed by atoms with E-state index in [1.165, 1.54) is 0 Å². The van der Waals surface area contributed by atoms with Gasteiger partial charge in [0.25, 0.3) is 0 Å². The molecule has 1 N–H and O–H groups in total. The number of halogens is 1. The van der Waals surface area contributed by atoms with Gasteiger partial charge in [-0.3, -0.25) is 9.48 Å². The Kier molecular flexibility index (Phi) is 4.35. The number of hydrogen-bond donors (Lipinski definition) is 1. The van der Waals surface area contributed by atoms with Crippen molar-refractivity contribution < 1.29 is 9.90 Å². The Morgan fingerprint density at radius 2 is 2.35 bits per heavy atom. The first kappa shape index (κ1) is 15.6. The van der Waals surface area contributed by atoms with Gasteiger partial charge in [0.2, 0.25) is 0 Å². The van der Waals surface area contributed by atoms with Gasteiger partial charge in [0, 0.05) is 21.8 Å². The molecule has 118 valence electrons. The topological polar surface area (TPSA) is 78.9 Å². The molecule has 0 spiro atoms. The summed E-state index contributed by atoms with van der Waals surface area (Å²) in [7, 11) is 0. The van der Waals surface area contributed by atoms with Crippen LogP contribution < -0.4 is 0 Å². The lowest BCUT2D eigenvalue weighted by atomic mass is 9.82. The van der Waals surface area contributed by atoms with Crippen molar-refractivity contribution >= 4 is 17.6 Å². The van der Waals surface area contributed by atoms with E-state index < -0.39 is 5.97 Å². The van der Waals surface area contributed by atoms with Gasteiger partial charge >= 0.3 is 5.97 Å². The predicted octanol–water partition coefficient (Wildman–Crippen LogP) is 3.62. The zero-order chi connectivity index (χ0) is 16.4. The van der Waals surface area contributed by atoms with Gasteiger partial charge in [-0.1, -0.05) is 23.7 Å². The smallest absolute Gasteiger partial charge is 0.303 e. The highest BCUT2D eigenvalue weighted by atomic mass is 35.5. The van der Waals surface area contributed by atoms with Gasteiger partial charge in [-0.15, -0.1) is 0 Å². The van der Waals surface area contributed by atoms with Crippen LogP contribution in [0.15, 0.2) is 24.3 Å². The summed E-state index contributed by atoms with van der Waals surface area (Å²) in [6.07, 6.45) is 2.64. The Morgan fingerprint density at radius 1 is 1.52 bits per heavy atom. The SMILES string of the molecule is N#CCn1nc(-c2cccc(Cl)c2)c2c1CCCC2CC(=O)O. The number of carboxylic acid groups (broad SMARTS) is 1. The van der Waals surface area contributed by atoms with Crippen molar-refractivity contribution in [3.8, 4) is 17.3 Å². The maximum atomic E-state index is 11.2. The minimum Gasteiger partial charge on any atom is -0.481 e. The number of nitrogens with zero attached hydrogens (tertiary/aromatic N) is 3. The molecule has 0 radical (unpaired) electrons. The van der Waals surface area contributed by atoms with E-state index in [4.69, 9.17) is 16.9 Å². The minimum absolute atomic E-state index is 0.0716. The lowest BCUT2D eigenvalue weighted by Crippen LogP contribution is -2.15. The van der Waals surface area contributed by atoms with Gasteiger partial charge < -0.3 is 5.11 Å². The monoisotopic (exact) mass is 329 g/mol. The van der Waals surface area contributed by atoms with Crippen LogP contribution in [0.5, 0.6) is 0 Å². The molecule has 1 unspecified atom stereocenters. The van der Waals surface area contributed by atoms with Gasteiger partial charge in [-0.25, -0.2) is 0 Å². The number of nitriles is 1. The first-order valence-electron chi connectivity index (χ1n) is 7.54. The molecule has 5 nitrogen and oxygen atoms in total. The predicted molar refractivity (Wildman–Crippen MR) is 86.2 cm³/mol. The fourth-order valence-electron chi connectivity index (χ4n) is 3.33. The van der Waals surface area contributed by atoms with E-state index in [9.17, 15) is 9.90 Å². The summed E-state index contributed by atoms with van der Waals surface area (Å²) in [5, 5.41) is 23.4. The van der Waals surface area contributed by atoms with Gasteiger partial charge in [0.15, 0.2) is 0 Å². The van der Waals surface area contributed by atoms with Crippen molar-refractivity contribution in [3.63, 3.8) is 0 Å². The molecule has 0 amide bonds. The molecule has 0 saturated carbocycles. The summed E-state index contributed by atoms with van der Waals surface area (Å²) in [4.78, 5) is 11.2. The van der Waals surface area contributed by atoms with Crippen molar-refractivity contribution in [3.05, 3.63) is 40.5 Å². The molecule has 3 rings (SSSR count). The lowest BCUT2D eigenvalue weighted by Gasteiger charge is -2.22. The van der Waals surface area contributed by atoms with E-state index in [1.807, 2.05) is 18.2 Å². The maximum Gasteiger partial charge on any atom is 0.303 e. The first-order chi connectivity index (χ1) is 11.1. The summed E-state index contributed by atoms with van der Waals surface area (Å²) >= 11 is 6.09. The highest BCUT2D eigenvalue weighted by molar-refractivity contribution is 6.30. The highest BCUT2D eigenvalue weighted by Crippen LogP contribution is 2.40. The van der Waals surface area contributed by atoms with Gasteiger partial charge in [-0.05, 0) is 37.3 Å². The van der Waals surface area contributed by atoms with Crippen LogP contribution in [-0.2, 0) is 17.8 Å². The number of hydrogen-bond acceptors (Lipinski definition) is 3. The second-order valence-corrected chi connectivity index (χ2v) is 6.16. The highest BCUT2D eigenvalue weighted by Gasteiger charge is 2.30. The second-order valence-electron chi connectivity index (χ2n) is 5.72. The molecule has 0 aliphatic heterocycles. The summed E-state index contributed by atoms with van der Waals surface area (Å²) in [6.45, 7) is 0.169. The van der Waals surface area contributed by atoms with Crippen molar-refractivity contribution in [2.75, 3.05) is 0 Å². The third-order valence-electron chi connectivity index (χ3n) is 4.21. The molecule has 23 heavy (non-hydrogen) atoms. The molecule has 0 bridgehead atoms. The standard InChI is InChI=1S/C17H16ClN3O2/c18-13-5-1-4-12(9-13)17-16-11(10-15(22)23)3-2-6-14(16)21(20-17)8-7-19/h1,4-5,9,11H,2-3,6,8,10H2,(H,22,23). The number of rotatable bonds is 4.